The normalized spacial score (nSPS) is 32.6. The van der Waals surface area contributed by atoms with Gasteiger partial charge in [-0.15, -0.1) is 0 Å². The van der Waals surface area contributed by atoms with Crippen LogP contribution in [0.5, 0.6) is 0 Å². The maximum atomic E-state index is 12.8. The van der Waals surface area contributed by atoms with Crippen LogP contribution >= 0.6 is 0 Å². The molecule has 3 aliphatic carbocycles. The molecule has 0 N–H and O–H groups in total. The van der Waals surface area contributed by atoms with Gasteiger partial charge >= 0.3 is 11.9 Å². The molecule has 1 saturated heterocycles. The zero-order valence-corrected chi connectivity index (χ0v) is 14.1. The van der Waals surface area contributed by atoms with Gasteiger partial charge in [0.1, 0.15) is 0 Å². The summed E-state index contributed by atoms with van der Waals surface area (Å²) in [6, 6.07) is 16.2. The van der Waals surface area contributed by atoms with Gasteiger partial charge in [0.2, 0.25) is 0 Å². The number of methoxy groups -OCH3 is 1. The third kappa shape index (κ3) is 1.52. The summed E-state index contributed by atoms with van der Waals surface area (Å²) < 4.78 is 10.9. The molecular formula is C21H18O4. The maximum Gasteiger partial charge on any atom is 0.318 e. The summed E-state index contributed by atoms with van der Waals surface area (Å²) in [5.41, 5.74) is 3.68. The van der Waals surface area contributed by atoms with Crippen molar-refractivity contribution in [3.63, 3.8) is 0 Å². The fraction of sp³-hybridized carbons (Fsp3) is 0.333. The summed E-state index contributed by atoms with van der Waals surface area (Å²) in [6.07, 6.45) is -0.276. The third-order valence-corrected chi connectivity index (χ3v) is 6.41. The van der Waals surface area contributed by atoms with Crippen LogP contribution in [0, 0.1) is 11.8 Å². The Hall–Kier alpha value is -2.46. The highest BCUT2D eigenvalue weighted by Gasteiger charge is 2.69. The molecule has 4 heteroatoms. The Balaban J connectivity index is 1.96. The van der Waals surface area contributed by atoms with Crippen molar-refractivity contribution in [1.29, 1.82) is 0 Å². The molecule has 0 unspecified atom stereocenters. The fourth-order valence-electron chi connectivity index (χ4n) is 5.51. The lowest BCUT2D eigenvalue weighted by Crippen LogP contribution is -2.58. The first-order chi connectivity index (χ1) is 12.1. The summed E-state index contributed by atoms with van der Waals surface area (Å²) in [5, 5.41) is 0. The van der Waals surface area contributed by atoms with Gasteiger partial charge in [0.25, 0.3) is 0 Å². The molecule has 0 aromatic heterocycles. The molecule has 1 heterocycles. The SMILES string of the molecule is CO[C@@H](C)C12c3ccccc3C(c3ccccc31)[C@@H]1C(=O)OC(=O)[C@@H]12. The van der Waals surface area contributed by atoms with Gasteiger partial charge in [-0.3, -0.25) is 9.59 Å². The predicted molar refractivity (Wildman–Crippen MR) is 90.1 cm³/mol. The van der Waals surface area contributed by atoms with E-state index in [2.05, 4.69) is 24.3 Å². The Labute approximate surface area is 145 Å². The second-order valence-electron chi connectivity index (χ2n) is 7.14. The molecule has 3 atom stereocenters. The molecule has 2 aromatic rings. The molecule has 1 fully saturated rings. The number of cyclic esters (lactones) is 2. The number of benzene rings is 2. The Morgan fingerprint density at radius 1 is 0.960 bits per heavy atom. The first-order valence-corrected chi connectivity index (χ1v) is 8.59. The fourth-order valence-corrected chi connectivity index (χ4v) is 5.51. The van der Waals surface area contributed by atoms with E-state index in [0.29, 0.717) is 0 Å². The minimum atomic E-state index is -0.704. The molecule has 2 bridgehead atoms. The van der Waals surface area contributed by atoms with Crippen molar-refractivity contribution in [2.75, 3.05) is 7.11 Å². The predicted octanol–water partition coefficient (Wildman–Crippen LogP) is 2.78. The standard InChI is InChI=1S/C21H18O4/c1-11(24-2)21-14-9-5-3-7-12(14)16(13-8-4-6-10-15(13)21)17-18(21)20(23)25-19(17)22/h3-11,16-18H,1-2H3/t11-,16?,17-,18+,21?/m0/s1. The zero-order valence-electron chi connectivity index (χ0n) is 14.1. The van der Waals surface area contributed by atoms with E-state index in [1.165, 1.54) is 0 Å². The van der Waals surface area contributed by atoms with Crippen LogP contribution in [-0.4, -0.2) is 25.2 Å². The van der Waals surface area contributed by atoms with Gasteiger partial charge in [0, 0.05) is 13.0 Å². The largest absolute Gasteiger partial charge is 0.393 e. The van der Waals surface area contributed by atoms with Crippen LogP contribution in [0.3, 0.4) is 0 Å². The van der Waals surface area contributed by atoms with E-state index in [-0.39, 0.29) is 12.0 Å². The van der Waals surface area contributed by atoms with Crippen LogP contribution in [0.2, 0.25) is 0 Å². The molecule has 0 radical (unpaired) electrons. The van der Waals surface area contributed by atoms with E-state index in [4.69, 9.17) is 9.47 Å². The van der Waals surface area contributed by atoms with Gasteiger partial charge in [0.15, 0.2) is 0 Å². The van der Waals surface area contributed by atoms with E-state index in [1.807, 2.05) is 31.2 Å². The van der Waals surface area contributed by atoms with E-state index < -0.39 is 29.2 Å². The topological polar surface area (TPSA) is 52.6 Å². The Kier molecular flexibility index (Phi) is 2.85. The number of hydrogen-bond donors (Lipinski definition) is 0. The van der Waals surface area contributed by atoms with Crippen LogP contribution in [0.25, 0.3) is 0 Å². The molecule has 0 amide bonds. The monoisotopic (exact) mass is 334 g/mol. The number of carbonyl (C=O) groups is 2. The van der Waals surface area contributed by atoms with Gasteiger partial charge in [-0.05, 0) is 29.2 Å². The number of rotatable bonds is 2. The molecule has 4 nitrogen and oxygen atoms in total. The summed E-state index contributed by atoms with van der Waals surface area (Å²) >= 11 is 0. The third-order valence-electron chi connectivity index (χ3n) is 6.41. The minimum absolute atomic E-state index is 0.137. The lowest BCUT2D eigenvalue weighted by atomic mass is 9.46. The number of carbonyl (C=O) groups excluding carboxylic acids is 2. The summed E-state index contributed by atoms with van der Waals surface area (Å²) in [7, 11) is 1.66. The number of hydrogen-bond acceptors (Lipinski definition) is 4. The Bertz CT molecular complexity index is 868. The minimum Gasteiger partial charge on any atom is -0.393 e. The van der Waals surface area contributed by atoms with Crippen molar-refractivity contribution in [1.82, 2.24) is 0 Å². The molecule has 6 rings (SSSR count). The highest BCUT2D eigenvalue weighted by Crippen LogP contribution is 2.65. The smallest absolute Gasteiger partial charge is 0.318 e. The van der Waals surface area contributed by atoms with E-state index in [1.54, 1.807) is 7.11 Å². The van der Waals surface area contributed by atoms with Crippen molar-refractivity contribution in [3.05, 3.63) is 70.8 Å². The van der Waals surface area contributed by atoms with Crippen molar-refractivity contribution < 1.29 is 19.1 Å². The van der Waals surface area contributed by atoms with Gasteiger partial charge < -0.3 is 9.47 Å². The molecule has 0 saturated carbocycles. The van der Waals surface area contributed by atoms with Crippen LogP contribution in [0.15, 0.2) is 48.5 Å². The molecule has 2 aromatic carbocycles. The van der Waals surface area contributed by atoms with Crippen LogP contribution in [-0.2, 0) is 24.5 Å². The van der Waals surface area contributed by atoms with Gasteiger partial charge in [0.05, 0.1) is 23.4 Å². The van der Waals surface area contributed by atoms with Crippen LogP contribution in [0.1, 0.15) is 35.1 Å². The molecular weight excluding hydrogens is 316 g/mol. The van der Waals surface area contributed by atoms with E-state index >= 15 is 0 Å². The molecule has 4 aliphatic rings. The van der Waals surface area contributed by atoms with Crippen molar-refractivity contribution in [2.24, 2.45) is 11.8 Å². The summed E-state index contributed by atoms with van der Waals surface area (Å²) in [6.45, 7) is 1.98. The Morgan fingerprint density at radius 2 is 1.52 bits per heavy atom. The molecule has 25 heavy (non-hydrogen) atoms. The number of ether oxygens (including phenoxy) is 2. The van der Waals surface area contributed by atoms with Gasteiger partial charge in [-0.25, -0.2) is 0 Å². The van der Waals surface area contributed by atoms with Crippen molar-refractivity contribution in [3.8, 4) is 0 Å². The first-order valence-electron chi connectivity index (χ1n) is 8.59. The van der Waals surface area contributed by atoms with Crippen molar-refractivity contribution >= 4 is 11.9 Å². The zero-order chi connectivity index (χ0) is 17.3. The van der Waals surface area contributed by atoms with Crippen molar-refractivity contribution in [2.45, 2.75) is 24.4 Å². The van der Waals surface area contributed by atoms with Crippen LogP contribution < -0.4 is 0 Å². The quantitative estimate of drug-likeness (QED) is 0.626. The number of esters is 2. The highest BCUT2D eigenvalue weighted by molar-refractivity contribution is 6.00. The summed E-state index contributed by atoms with van der Waals surface area (Å²) in [5.74, 6) is -1.98. The van der Waals surface area contributed by atoms with Gasteiger partial charge in [-0.2, -0.15) is 0 Å². The molecule has 126 valence electrons. The summed E-state index contributed by atoms with van der Waals surface area (Å²) in [4.78, 5) is 25.4. The Morgan fingerprint density at radius 3 is 2.08 bits per heavy atom. The maximum absolute atomic E-state index is 12.8. The lowest BCUT2D eigenvalue weighted by molar-refractivity contribution is -0.154. The second kappa shape index (κ2) is 4.79. The second-order valence-corrected chi connectivity index (χ2v) is 7.14. The average Bonchev–Trinajstić information content (AvgIpc) is 2.96. The van der Waals surface area contributed by atoms with Crippen LogP contribution in [0.4, 0.5) is 0 Å². The van der Waals surface area contributed by atoms with E-state index in [9.17, 15) is 9.59 Å². The average molecular weight is 334 g/mol. The molecule has 1 aliphatic heterocycles. The van der Waals surface area contributed by atoms with Gasteiger partial charge in [-0.1, -0.05) is 48.5 Å². The highest BCUT2D eigenvalue weighted by atomic mass is 16.6. The molecule has 0 spiro atoms. The first kappa shape index (κ1) is 14.8. The lowest BCUT2D eigenvalue weighted by Gasteiger charge is -2.55. The van der Waals surface area contributed by atoms with E-state index in [0.717, 1.165) is 22.3 Å².